The van der Waals surface area contributed by atoms with Crippen molar-refractivity contribution in [3.8, 4) is 0 Å². The van der Waals surface area contributed by atoms with Crippen LogP contribution in [-0.4, -0.2) is 59.1 Å². The number of nitrogens with zero attached hydrogens (tertiary/aromatic N) is 1. The number of aliphatic hydroxyl groups excluding tert-OH is 2. The predicted molar refractivity (Wildman–Crippen MR) is 106 cm³/mol. The Morgan fingerprint density at radius 1 is 1.00 bits per heavy atom. The van der Waals surface area contributed by atoms with Crippen LogP contribution in [0.3, 0.4) is 0 Å². The molecule has 4 rings (SSSR count). The summed E-state index contributed by atoms with van der Waals surface area (Å²) < 4.78 is 0. The molecule has 8 heteroatoms. The summed E-state index contributed by atoms with van der Waals surface area (Å²) in [7, 11) is 0. The Balaban J connectivity index is 1.42. The summed E-state index contributed by atoms with van der Waals surface area (Å²) in [4.78, 5) is 40.2. The van der Waals surface area contributed by atoms with Gasteiger partial charge in [0, 0.05) is 36.4 Å². The summed E-state index contributed by atoms with van der Waals surface area (Å²) in [5, 5.41) is 25.0. The molecule has 1 aromatic carbocycles. The Kier molecular flexibility index (Phi) is 5.56. The van der Waals surface area contributed by atoms with Crippen molar-refractivity contribution in [3.05, 3.63) is 24.3 Å². The van der Waals surface area contributed by atoms with Gasteiger partial charge >= 0.3 is 0 Å². The predicted octanol–water partition coefficient (Wildman–Crippen LogP) is 0.431. The van der Waals surface area contributed by atoms with Crippen molar-refractivity contribution >= 4 is 29.0 Å². The number of hydrogen-bond donors (Lipinski definition) is 4. The first kappa shape index (κ1) is 19.8. The van der Waals surface area contributed by atoms with Gasteiger partial charge in [-0.05, 0) is 56.4 Å². The summed E-state index contributed by atoms with van der Waals surface area (Å²) in [5.41, 5.74) is 1.62. The van der Waals surface area contributed by atoms with Crippen LogP contribution in [0.4, 0.5) is 11.4 Å². The number of piperidine rings is 2. The van der Waals surface area contributed by atoms with Crippen LogP contribution in [0, 0.1) is 11.8 Å². The molecule has 3 fully saturated rings. The van der Waals surface area contributed by atoms with Gasteiger partial charge in [-0.25, -0.2) is 0 Å². The highest BCUT2D eigenvalue weighted by atomic mass is 16.3. The van der Waals surface area contributed by atoms with E-state index in [9.17, 15) is 24.6 Å². The molecule has 2 saturated heterocycles. The standard InChI is InChI=1S/C21H27N3O5/c25-16-10-14-15(11-17(16)26)23-21(29)18(19(14)27)20(28)22-12-4-6-13(7-5-12)24-8-2-1-3-9-24/h4-7,14-18,25-26H,1-3,8-11H2,(H,22,28)(H,23,29). The van der Waals surface area contributed by atoms with E-state index >= 15 is 0 Å². The summed E-state index contributed by atoms with van der Waals surface area (Å²) >= 11 is 0. The van der Waals surface area contributed by atoms with Crippen molar-refractivity contribution in [2.75, 3.05) is 23.3 Å². The third-order valence-corrected chi connectivity index (χ3v) is 6.28. The van der Waals surface area contributed by atoms with E-state index in [2.05, 4.69) is 15.5 Å². The van der Waals surface area contributed by atoms with Crippen LogP contribution >= 0.6 is 0 Å². The van der Waals surface area contributed by atoms with E-state index in [4.69, 9.17) is 0 Å². The average molecular weight is 401 g/mol. The first-order valence-electron chi connectivity index (χ1n) is 10.3. The van der Waals surface area contributed by atoms with Crippen LogP contribution in [-0.2, 0) is 14.4 Å². The molecule has 0 aromatic heterocycles. The van der Waals surface area contributed by atoms with Gasteiger partial charge in [-0.2, -0.15) is 0 Å². The SMILES string of the molecule is O=C(Nc1ccc(N2CCCCC2)cc1)C1C(=O)NC2CC(O)C(O)CC2C1=O. The number of rotatable bonds is 3. The molecule has 1 saturated carbocycles. The molecule has 5 unspecified atom stereocenters. The van der Waals surface area contributed by atoms with Crippen LogP contribution in [0.2, 0.25) is 0 Å². The fourth-order valence-electron chi connectivity index (χ4n) is 4.62. The largest absolute Gasteiger partial charge is 0.390 e. The third-order valence-electron chi connectivity index (χ3n) is 6.28. The lowest BCUT2D eigenvalue weighted by molar-refractivity contribution is -0.150. The number of benzene rings is 1. The Labute approximate surface area is 169 Å². The Hall–Kier alpha value is -2.45. The second-order valence-electron chi connectivity index (χ2n) is 8.25. The molecule has 0 radical (unpaired) electrons. The van der Waals surface area contributed by atoms with Crippen molar-refractivity contribution in [2.24, 2.45) is 11.8 Å². The van der Waals surface area contributed by atoms with Crippen LogP contribution < -0.4 is 15.5 Å². The molecule has 2 heterocycles. The van der Waals surface area contributed by atoms with Gasteiger partial charge in [0.05, 0.1) is 12.2 Å². The van der Waals surface area contributed by atoms with Crippen LogP contribution in [0.15, 0.2) is 24.3 Å². The molecule has 0 spiro atoms. The Morgan fingerprint density at radius 3 is 2.34 bits per heavy atom. The maximum Gasteiger partial charge on any atom is 0.244 e. The number of amides is 2. The fourth-order valence-corrected chi connectivity index (χ4v) is 4.62. The second-order valence-corrected chi connectivity index (χ2v) is 8.25. The van der Waals surface area contributed by atoms with Crippen LogP contribution in [0.1, 0.15) is 32.1 Å². The molecule has 5 atom stereocenters. The molecule has 156 valence electrons. The minimum Gasteiger partial charge on any atom is -0.390 e. The van der Waals surface area contributed by atoms with E-state index in [1.54, 1.807) is 12.1 Å². The highest BCUT2D eigenvalue weighted by molar-refractivity contribution is 6.23. The second kappa shape index (κ2) is 8.12. The van der Waals surface area contributed by atoms with E-state index < -0.39 is 47.7 Å². The molecule has 29 heavy (non-hydrogen) atoms. The Bertz CT molecular complexity index is 790. The zero-order chi connectivity index (χ0) is 20.5. The molecule has 3 aliphatic rings. The fraction of sp³-hybridized carbons (Fsp3) is 0.571. The molecule has 2 aliphatic heterocycles. The lowest BCUT2D eigenvalue weighted by Gasteiger charge is -2.41. The molecule has 2 amide bonds. The lowest BCUT2D eigenvalue weighted by atomic mass is 9.72. The van der Waals surface area contributed by atoms with Gasteiger partial charge in [-0.1, -0.05) is 0 Å². The minimum atomic E-state index is -1.44. The van der Waals surface area contributed by atoms with Crippen molar-refractivity contribution in [1.29, 1.82) is 0 Å². The van der Waals surface area contributed by atoms with E-state index in [-0.39, 0.29) is 12.8 Å². The zero-order valence-electron chi connectivity index (χ0n) is 16.2. The molecule has 4 N–H and O–H groups in total. The zero-order valence-corrected chi connectivity index (χ0v) is 16.2. The molecular formula is C21H27N3O5. The summed E-state index contributed by atoms with van der Waals surface area (Å²) in [6, 6.07) is 6.87. The summed E-state index contributed by atoms with van der Waals surface area (Å²) in [6.45, 7) is 2.04. The highest BCUT2D eigenvalue weighted by Gasteiger charge is 2.50. The lowest BCUT2D eigenvalue weighted by Crippen LogP contribution is -2.62. The summed E-state index contributed by atoms with van der Waals surface area (Å²) in [6.07, 6.45) is 1.74. The van der Waals surface area contributed by atoms with Gasteiger partial charge < -0.3 is 25.7 Å². The first-order valence-corrected chi connectivity index (χ1v) is 10.3. The monoisotopic (exact) mass is 401 g/mol. The van der Waals surface area contributed by atoms with E-state index in [0.29, 0.717) is 5.69 Å². The number of aliphatic hydroxyl groups is 2. The molecule has 1 aliphatic carbocycles. The van der Waals surface area contributed by atoms with Crippen molar-refractivity contribution in [1.82, 2.24) is 5.32 Å². The van der Waals surface area contributed by atoms with Gasteiger partial charge in [-0.3, -0.25) is 14.4 Å². The van der Waals surface area contributed by atoms with Crippen molar-refractivity contribution in [3.63, 3.8) is 0 Å². The average Bonchev–Trinajstić information content (AvgIpc) is 2.71. The summed E-state index contributed by atoms with van der Waals surface area (Å²) in [5.74, 6) is -3.92. The van der Waals surface area contributed by atoms with E-state index in [1.165, 1.54) is 19.3 Å². The minimum absolute atomic E-state index is 0.0409. The number of Topliss-reactive ketones (excluding diaryl/α,β-unsaturated/α-hetero) is 1. The smallest absolute Gasteiger partial charge is 0.244 e. The maximum atomic E-state index is 12.8. The van der Waals surface area contributed by atoms with Crippen LogP contribution in [0.25, 0.3) is 0 Å². The van der Waals surface area contributed by atoms with Gasteiger partial charge in [-0.15, -0.1) is 0 Å². The number of ketones is 1. The van der Waals surface area contributed by atoms with Gasteiger partial charge in [0.1, 0.15) is 0 Å². The first-order chi connectivity index (χ1) is 13.9. The number of anilines is 2. The molecule has 8 nitrogen and oxygen atoms in total. The molecule has 1 aromatic rings. The van der Waals surface area contributed by atoms with Gasteiger partial charge in [0.15, 0.2) is 11.7 Å². The number of hydrogen-bond acceptors (Lipinski definition) is 6. The number of carbonyl (C=O) groups excluding carboxylic acids is 3. The van der Waals surface area contributed by atoms with Crippen molar-refractivity contribution in [2.45, 2.75) is 50.4 Å². The maximum absolute atomic E-state index is 12.8. The third kappa shape index (κ3) is 4.00. The number of carbonyl (C=O) groups is 3. The number of nitrogens with one attached hydrogen (secondary N) is 2. The normalized spacial score (nSPS) is 32.3. The van der Waals surface area contributed by atoms with E-state index in [1.807, 2.05) is 12.1 Å². The van der Waals surface area contributed by atoms with Gasteiger partial charge in [0.2, 0.25) is 11.8 Å². The topological polar surface area (TPSA) is 119 Å². The van der Waals surface area contributed by atoms with E-state index in [0.717, 1.165) is 18.8 Å². The Morgan fingerprint density at radius 2 is 1.66 bits per heavy atom. The quantitative estimate of drug-likeness (QED) is 0.546. The number of fused-ring (bicyclic) bond motifs is 1. The van der Waals surface area contributed by atoms with Crippen LogP contribution in [0.5, 0.6) is 0 Å². The van der Waals surface area contributed by atoms with Crippen molar-refractivity contribution < 1.29 is 24.6 Å². The highest BCUT2D eigenvalue weighted by Crippen LogP contribution is 2.32. The molecular weight excluding hydrogens is 374 g/mol. The van der Waals surface area contributed by atoms with Gasteiger partial charge in [0.25, 0.3) is 0 Å². The molecule has 0 bridgehead atoms.